The standard InChI is InChI=1S/C19H20N6O/c1-23-9-3-5-16(23)19(26)25-14-6-7-15(25)12-24-17(10-14)21-22-18(24)13-4-2-8-20-11-13/h2-5,8-9,11,14-15H,6-7,10,12H2,1H3/t14-,15+/m0/s1. The van der Waals surface area contributed by atoms with Crippen LogP contribution in [0.25, 0.3) is 11.4 Å². The second-order valence-corrected chi connectivity index (χ2v) is 7.10. The molecule has 0 spiro atoms. The molecule has 2 bridgehead atoms. The van der Waals surface area contributed by atoms with E-state index in [1.165, 1.54) is 0 Å². The molecule has 26 heavy (non-hydrogen) atoms. The minimum atomic E-state index is 0.117. The molecule has 3 aromatic rings. The van der Waals surface area contributed by atoms with E-state index in [1.54, 1.807) is 6.20 Å². The van der Waals surface area contributed by atoms with Crippen LogP contribution in [0.2, 0.25) is 0 Å². The van der Waals surface area contributed by atoms with Crippen LogP contribution in [0.1, 0.15) is 29.2 Å². The van der Waals surface area contributed by atoms with E-state index in [9.17, 15) is 4.79 Å². The first-order valence-corrected chi connectivity index (χ1v) is 8.99. The first-order chi connectivity index (χ1) is 12.7. The molecule has 7 nitrogen and oxygen atoms in total. The Morgan fingerprint density at radius 2 is 2.04 bits per heavy atom. The summed E-state index contributed by atoms with van der Waals surface area (Å²) in [5.41, 5.74) is 1.70. The second kappa shape index (κ2) is 5.79. The maximum Gasteiger partial charge on any atom is 0.271 e. The Kier molecular flexibility index (Phi) is 3.41. The normalized spacial score (nSPS) is 21.5. The number of pyridine rings is 1. The topological polar surface area (TPSA) is 68.8 Å². The molecule has 1 amide bonds. The number of carbonyl (C=O) groups is 1. The number of amides is 1. The molecule has 0 aliphatic carbocycles. The highest BCUT2D eigenvalue weighted by molar-refractivity contribution is 5.93. The molecular weight excluding hydrogens is 328 g/mol. The lowest BCUT2D eigenvalue weighted by Gasteiger charge is -2.28. The van der Waals surface area contributed by atoms with Gasteiger partial charge >= 0.3 is 0 Å². The number of fused-ring (bicyclic) bond motifs is 3. The zero-order valence-corrected chi connectivity index (χ0v) is 14.6. The molecule has 5 rings (SSSR count). The number of rotatable bonds is 2. The summed E-state index contributed by atoms with van der Waals surface area (Å²) in [6.45, 7) is 0.735. The average Bonchev–Trinajstić information content (AvgIpc) is 3.32. The Labute approximate surface area is 151 Å². The minimum absolute atomic E-state index is 0.117. The predicted octanol–water partition coefficient (Wildman–Crippen LogP) is 1.91. The van der Waals surface area contributed by atoms with Gasteiger partial charge in [0, 0.05) is 50.2 Å². The number of aryl methyl sites for hydroxylation is 1. The summed E-state index contributed by atoms with van der Waals surface area (Å²) in [4.78, 5) is 19.5. The number of hydrogen-bond donors (Lipinski definition) is 0. The lowest BCUT2D eigenvalue weighted by molar-refractivity contribution is 0.0656. The van der Waals surface area contributed by atoms with Crippen LogP contribution in [0.4, 0.5) is 0 Å². The summed E-state index contributed by atoms with van der Waals surface area (Å²) in [7, 11) is 1.92. The highest BCUT2D eigenvalue weighted by atomic mass is 16.2. The van der Waals surface area contributed by atoms with Gasteiger partial charge in [0.25, 0.3) is 5.91 Å². The van der Waals surface area contributed by atoms with Gasteiger partial charge in [-0.15, -0.1) is 10.2 Å². The fraction of sp³-hybridized carbons (Fsp3) is 0.368. The molecule has 2 aliphatic heterocycles. The first-order valence-electron chi connectivity index (χ1n) is 8.99. The Bertz CT molecular complexity index is 960. The van der Waals surface area contributed by atoms with E-state index in [1.807, 2.05) is 48.3 Å². The number of hydrogen-bond acceptors (Lipinski definition) is 4. The predicted molar refractivity (Wildman–Crippen MR) is 95.3 cm³/mol. The van der Waals surface area contributed by atoms with Gasteiger partial charge in [-0.3, -0.25) is 9.78 Å². The SMILES string of the molecule is Cn1cccc1C(=O)N1[C@@H]2CC[C@H]1Cc1nnc(-c3cccnc3)n1C2. The van der Waals surface area contributed by atoms with Gasteiger partial charge in [-0.1, -0.05) is 0 Å². The molecule has 0 aromatic carbocycles. The highest BCUT2D eigenvalue weighted by Gasteiger charge is 2.41. The Morgan fingerprint density at radius 1 is 1.15 bits per heavy atom. The van der Waals surface area contributed by atoms with Crippen LogP contribution in [0.15, 0.2) is 42.9 Å². The molecule has 5 heterocycles. The van der Waals surface area contributed by atoms with Gasteiger partial charge in [-0.05, 0) is 37.1 Å². The largest absolute Gasteiger partial charge is 0.347 e. The fourth-order valence-electron chi connectivity index (χ4n) is 4.30. The van der Waals surface area contributed by atoms with Crippen molar-refractivity contribution in [3.63, 3.8) is 0 Å². The Hall–Kier alpha value is -2.96. The summed E-state index contributed by atoms with van der Waals surface area (Å²) in [5, 5.41) is 8.83. The van der Waals surface area contributed by atoms with Crippen molar-refractivity contribution in [1.82, 2.24) is 29.2 Å². The smallest absolute Gasteiger partial charge is 0.271 e. The third-order valence-corrected chi connectivity index (χ3v) is 5.58. The van der Waals surface area contributed by atoms with Gasteiger partial charge in [-0.2, -0.15) is 0 Å². The van der Waals surface area contributed by atoms with Crippen molar-refractivity contribution in [2.45, 2.75) is 37.9 Å². The van der Waals surface area contributed by atoms with Crippen molar-refractivity contribution >= 4 is 5.91 Å². The van der Waals surface area contributed by atoms with Crippen molar-refractivity contribution in [1.29, 1.82) is 0 Å². The van der Waals surface area contributed by atoms with Crippen LogP contribution in [-0.2, 0) is 20.0 Å². The van der Waals surface area contributed by atoms with Crippen molar-refractivity contribution in [3.05, 3.63) is 54.4 Å². The Morgan fingerprint density at radius 3 is 2.81 bits per heavy atom. The van der Waals surface area contributed by atoms with Crippen LogP contribution in [0.5, 0.6) is 0 Å². The maximum atomic E-state index is 13.2. The van der Waals surface area contributed by atoms with E-state index in [2.05, 4.69) is 24.6 Å². The third-order valence-electron chi connectivity index (χ3n) is 5.58. The number of nitrogens with zero attached hydrogens (tertiary/aromatic N) is 6. The van der Waals surface area contributed by atoms with Gasteiger partial charge in [0.2, 0.25) is 0 Å². The molecule has 3 aromatic heterocycles. The Balaban J connectivity index is 1.51. The maximum absolute atomic E-state index is 13.2. The summed E-state index contributed by atoms with van der Waals surface area (Å²) >= 11 is 0. The third kappa shape index (κ3) is 2.27. The van der Waals surface area contributed by atoms with Crippen LogP contribution in [-0.4, -0.2) is 47.2 Å². The van der Waals surface area contributed by atoms with Gasteiger partial charge in [-0.25, -0.2) is 0 Å². The zero-order valence-electron chi connectivity index (χ0n) is 14.6. The van der Waals surface area contributed by atoms with E-state index >= 15 is 0 Å². The van der Waals surface area contributed by atoms with E-state index in [4.69, 9.17) is 0 Å². The summed E-state index contributed by atoms with van der Waals surface area (Å²) in [6.07, 6.45) is 8.28. The summed E-state index contributed by atoms with van der Waals surface area (Å²) < 4.78 is 4.07. The summed E-state index contributed by atoms with van der Waals surface area (Å²) in [5.74, 6) is 1.92. The van der Waals surface area contributed by atoms with Gasteiger partial charge < -0.3 is 14.0 Å². The molecule has 0 radical (unpaired) electrons. The highest BCUT2D eigenvalue weighted by Crippen LogP contribution is 2.34. The quantitative estimate of drug-likeness (QED) is 0.709. The van der Waals surface area contributed by atoms with Gasteiger partial charge in [0.05, 0.1) is 6.04 Å². The molecule has 2 atom stereocenters. The monoisotopic (exact) mass is 348 g/mol. The van der Waals surface area contributed by atoms with Crippen LogP contribution >= 0.6 is 0 Å². The van der Waals surface area contributed by atoms with Crippen LogP contribution < -0.4 is 0 Å². The van der Waals surface area contributed by atoms with E-state index in [0.29, 0.717) is 0 Å². The zero-order chi connectivity index (χ0) is 17.7. The fourth-order valence-corrected chi connectivity index (χ4v) is 4.30. The lowest BCUT2D eigenvalue weighted by atomic mass is 10.1. The molecule has 132 valence electrons. The van der Waals surface area contributed by atoms with Crippen molar-refractivity contribution in [2.24, 2.45) is 7.05 Å². The molecule has 0 saturated carbocycles. The van der Waals surface area contributed by atoms with Crippen molar-refractivity contribution in [2.75, 3.05) is 0 Å². The molecule has 2 aliphatic rings. The average molecular weight is 348 g/mol. The molecule has 0 unspecified atom stereocenters. The van der Waals surface area contributed by atoms with Crippen LogP contribution in [0.3, 0.4) is 0 Å². The first kappa shape index (κ1) is 15.3. The molecule has 1 fully saturated rings. The number of aromatic nitrogens is 5. The molecular formula is C19H20N6O. The van der Waals surface area contributed by atoms with Gasteiger partial charge in [0.15, 0.2) is 5.82 Å². The lowest BCUT2D eigenvalue weighted by Crippen LogP contribution is -2.42. The van der Waals surface area contributed by atoms with E-state index in [0.717, 1.165) is 48.7 Å². The minimum Gasteiger partial charge on any atom is -0.347 e. The molecule has 1 saturated heterocycles. The van der Waals surface area contributed by atoms with Crippen LogP contribution in [0, 0.1) is 0 Å². The molecule has 0 N–H and O–H groups in total. The second-order valence-electron chi connectivity index (χ2n) is 7.10. The summed E-state index contributed by atoms with van der Waals surface area (Å²) in [6, 6.07) is 8.09. The van der Waals surface area contributed by atoms with E-state index < -0.39 is 0 Å². The van der Waals surface area contributed by atoms with E-state index in [-0.39, 0.29) is 18.0 Å². The van der Waals surface area contributed by atoms with Gasteiger partial charge in [0.1, 0.15) is 11.5 Å². The molecule has 7 heteroatoms. The van der Waals surface area contributed by atoms with Crippen molar-refractivity contribution < 1.29 is 4.79 Å². The number of carbonyl (C=O) groups excluding carboxylic acids is 1. The van der Waals surface area contributed by atoms with Crippen molar-refractivity contribution in [3.8, 4) is 11.4 Å².